The number of aliphatic hydroxyl groups is 1. The van der Waals surface area contributed by atoms with E-state index >= 15 is 0 Å². The van der Waals surface area contributed by atoms with Gasteiger partial charge in [-0.15, -0.1) is 22.7 Å². The molecule has 4 heteroatoms. The van der Waals surface area contributed by atoms with Crippen LogP contribution in [0.4, 0.5) is 0 Å². The quantitative estimate of drug-likeness (QED) is 0.855. The second-order valence-corrected chi connectivity index (χ2v) is 6.87. The predicted octanol–water partition coefficient (Wildman–Crippen LogP) is 4.47. The third-order valence-corrected chi connectivity index (χ3v) is 5.41. The minimum Gasteiger partial charge on any atom is -0.382 e. The van der Waals surface area contributed by atoms with E-state index in [0.29, 0.717) is 0 Å². The predicted molar refractivity (Wildman–Crippen MR) is 71.9 cm³/mol. The number of hydrogen-bond acceptors (Lipinski definition) is 3. The third-order valence-electron chi connectivity index (χ3n) is 2.60. The Morgan fingerprint density at radius 3 is 2.06 bits per heavy atom. The van der Waals surface area contributed by atoms with Crippen LogP contribution >= 0.6 is 34.3 Å². The molecular formula is C12H13ClOS2. The second-order valence-electron chi connectivity index (χ2n) is 3.90. The van der Waals surface area contributed by atoms with Crippen LogP contribution in [-0.2, 0) is 0 Å². The zero-order chi connectivity index (χ0) is 11.9. The molecule has 0 saturated carbocycles. The Morgan fingerprint density at radius 2 is 1.62 bits per heavy atom. The standard InChI is InChI=1S/C12H13ClOS2/c1-6-4-9(15-8(6)3)11(14)10-5-7(2)12(13)16-10/h4-5,11,14H,1-3H3. The average molecular weight is 273 g/mol. The summed E-state index contributed by atoms with van der Waals surface area (Å²) in [6, 6.07) is 4.01. The Bertz CT molecular complexity index is 428. The monoisotopic (exact) mass is 272 g/mol. The van der Waals surface area contributed by atoms with E-state index in [1.807, 2.05) is 19.1 Å². The highest BCUT2D eigenvalue weighted by Gasteiger charge is 2.17. The molecule has 2 aromatic heterocycles. The molecule has 86 valence electrons. The first-order chi connectivity index (χ1) is 7.49. The maximum Gasteiger partial charge on any atom is 0.122 e. The topological polar surface area (TPSA) is 20.2 Å². The fourth-order valence-corrected chi connectivity index (χ4v) is 3.84. The molecule has 0 fully saturated rings. The maximum atomic E-state index is 10.2. The summed E-state index contributed by atoms with van der Waals surface area (Å²) in [6.07, 6.45) is -0.534. The Balaban J connectivity index is 2.34. The van der Waals surface area contributed by atoms with Gasteiger partial charge < -0.3 is 5.11 Å². The average Bonchev–Trinajstić information content (AvgIpc) is 2.72. The van der Waals surface area contributed by atoms with Gasteiger partial charge in [-0.2, -0.15) is 0 Å². The van der Waals surface area contributed by atoms with Crippen LogP contribution in [0, 0.1) is 20.8 Å². The lowest BCUT2D eigenvalue weighted by atomic mass is 10.2. The summed E-state index contributed by atoms with van der Waals surface area (Å²) in [4.78, 5) is 3.17. The van der Waals surface area contributed by atoms with Crippen molar-refractivity contribution in [3.05, 3.63) is 42.2 Å². The molecule has 2 rings (SSSR count). The van der Waals surface area contributed by atoms with Crippen LogP contribution in [0.5, 0.6) is 0 Å². The van der Waals surface area contributed by atoms with E-state index in [9.17, 15) is 5.11 Å². The number of aliphatic hydroxyl groups excluding tert-OH is 1. The first kappa shape index (κ1) is 12.1. The molecule has 1 atom stereocenters. The van der Waals surface area contributed by atoms with E-state index in [-0.39, 0.29) is 0 Å². The van der Waals surface area contributed by atoms with Gasteiger partial charge in [0, 0.05) is 14.6 Å². The molecule has 0 aliphatic rings. The molecular weight excluding hydrogens is 260 g/mol. The summed E-state index contributed by atoms with van der Waals surface area (Å²) in [6.45, 7) is 6.09. The van der Waals surface area contributed by atoms with E-state index < -0.39 is 6.10 Å². The molecule has 16 heavy (non-hydrogen) atoms. The van der Waals surface area contributed by atoms with Gasteiger partial charge in [-0.05, 0) is 44.0 Å². The second kappa shape index (κ2) is 4.49. The number of rotatable bonds is 2. The first-order valence-corrected chi connectivity index (χ1v) is 7.01. The van der Waals surface area contributed by atoms with Crippen molar-refractivity contribution in [2.24, 2.45) is 0 Å². The molecule has 0 aromatic carbocycles. The molecule has 2 aromatic rings. The van der Waals surface area contributed by atoms with Gasteiger partial charge >= 0.3 is 0 Å². The summed E-state index contributed by atoms with van der Waals surface area (Å²) in [5.74, 6) is 0. The number of thiophene rings is 2. The number of aryl methyl sites for hydroxylation is 3. The lowest BCUT2D eigenvalue weighted by Gasteiger charge is -2.04. The van der Waals surface area contributed by atoms with Crippen LogP contribution in [-0.4, -0.2) is 5.11 Å². The van der Waals surface area contributed by atoms with Crippen LogP contribution in [0.2, 0.25) is 4.34 Å². The van der Waals surface area contributed by atoms with Crippen molar-refractivity contribution >= 4 is 34.3 Å². The number of hydrogen-bond donors (Lipinski definition) is 1. The van der Waals surface area contributed by atoms with Crippen molar-refractivity contribution in [2.75, 3.05) is 0 Å². The van der Waals surface area contributed by atoms with Gasteiger partial charge in [-0.25, -0.2) is 0 Å². The van der Waals surface area contributed by atoms with Crippen molar-refractivity contribution in [3.8, 4) is 0 Å². The maximum absolute atomic E-state index is 10.2. The fourth-order valence-electron chi connectivity index (χ4n) is 1.50. The fraction of sp³-hybridized carbons (Fsp3) is 0.333. The molecule has 1 N–H and O–H groups in total. The molecule has 1 unspecified atom stereocenters. The zero-order valence-corrected chi connectivity index (χ0v) is 11.8. The Hall–Kier alpha value is -0.350. The SMILES string of the molecule is Cc1cc(C(O)c2cc(C)c(Cl)s2)sc1C. The molecule has 2 heterocycles. The first-order valence-electron chi connectivity index (χ1n) is 5.00. The van der Waals surface area contributed by atoms with Crippen LogP contribution in [0.15, 0.2) is 12.1 Å². The third kappa shape index (κ3) is 2.18. The Kier molecular flexibility index (Phi) is 3.40. The van der Waals surface area contributed by atoms with Gasteiger partial charge in [-0.3, -0.25) is 0 Å². The van der Waals surface area contributed by atoms with Gasteiger partial charge in [0.15, 0.2) is 0 Å². The molecule has 0 bridgehead atoms. The van der Waals surface area contributed by atoms with Crippen LogP contribution in [0.1, 0.15) is 31.9 Å². The van der Waals surface area contributed by atoms with E-state index in [0.717, 1.165) is 19.7 Å². The molecule has 0 spiro atoms. The normalized spacial score (nSPS) is 13.1. The van der Waals surface area contributed by atoms with Crippen molar-refractivity contribution in [1.82, 2.24) is 0 Å². The smallest absolute Gasteiger partial charge is 0.122 e. The van der Waals surface area contributed by atoms with Crippen molar-refractivity contribution in [2.45, 2.75) is 26.9 Å². The lowest BCUT2D eigenvalue weighted by molar-refractivity contribution is 0.228. The summed E-state index contributed by atoms with van der Waals surface area (Å²) < 4.78 is 0.763. The van der Waals surface area contributed by atoms with Crippen LogP contribution in [0.25, 0.3) is 0 Å². The molecule has 0 aliphatic carbocycles. The van der Waals surface area contributed by atoms with Gasteiger partial charge in [0.1, 0.15) is 6.10 Å². The minimum atomic E-state index is -0.534. The van der Waals surface area contributed by atoms with Gasteiger partial charge in [-0.1, -0.05) is 11.6 Å². The van der Waals surface area contributed by atoms with Crippen molar-refractivity contribution in [3.63, 3.8) is 0 Å². The summed E-state index contributed by atoms with van der Waals surface area (Å²) in [5, 5.41) is 10.2. The zero-order valence-electron chi connectivity index (χ0n) is 9.37. The molecule has 0 aliphatic heterocycles. The van der Waals surface area contributed by atoms with Crippen LogP contribution < -0.4 is 0 Å². The lowest BCUT2D eigenvalue weighted by Crippen LogP contribution is -1.92. The van der Waals surface area contributed by atoms with E-state index in [2.05, 4.69) is 13.8 Å². The Labute approximate surface area is 108 Å². The number of halogens is 1. The van der Waals surface area contributed by atoms with E-state index in [4.69, 9.17) is 11.6 Å². The summed E-state index contributed by atoms with van der Waals surface area (Å²) in [7, 11) is 0. The van der Waals surface area contributed by atoms with Gasteiger partial charge in [0.25, 0.3) is 0 Å². The highest BCUT2D eigenvalue weighted by atomic mass is 35.5. The van der Waals surface area contributed by atoms with Crippen LogP contribution in [0.3, 0.4) is 0 Å². The Morgan fingerprint density at radius 1 is 1.06 bits per heavy atom. The molecule has 0 amide bonds. The highest BCUT2D eigenvalue weighted by molar-refractivity contribution is 7.17. The summed E-state index contributed by atoms with van der Waals surface area (Å²) >= 11 is 9.11. The van der Waals surface area contributed by atoms with E-state index in [1.54, 1.807) is 11.3 Å². The molecule has 1 nitrogen and oxygen atoms in total. The molecule has 0 radical (unpaired) electrons. The summed E-state index contributed by atoms with van der Waals surface area (Å²) in [5.41, 5.74) is 2.27. The van der Waals surface area contributed by atoms with Crippen molar-refractivity contribution < 1.29 is 5.11 Å². The van der Waals surface area contributed by atoms with Crippen molar-refractivity contribution in [1.29, 1.82) is 0 Å². The van der Waals surface area contributed by atoms with Gasteiger partial charge in [0.05, 0.1) is 4.34 Å². The largest absolute Gasteiger partial charge is 0.382 e. The van der Waals surface area contributed by atoms with E-state index in [1.165, 1.54) is 21.8 Å². The molecule has 0 saturated heterocycles. The van der Waals surface area contributed by atoms with Gasteiger partial charge in [0.2, 0.25) is 0 Å². The highest BCUT2D eigenvalue weighted by Crippen LogP contribution is 2.37. The minimum absolute atomic E-state index is 0.534.